The molecule has 2 amide bonds. The molecule has 1 fully saturated rings. The molecule has 2 unspecified atom stereocenters. The number of pyridine rings is 1. The monoisotopic (exact) mass is 463 g/mol. The van der Waals surface area contributed by atoms with Gasteiger partial charge in [-0.2, -0.15) is 12.6 Å². The van der Waals surface area contributed by atoms with Crippen molar-refractivity contribution < 1.29 is 19.5 Å². The lowest BCUT2D eigenvalue weighted by molar-refractivity contribution is -0.143. The van der Waals surface area contributed by atoms with Gasteiger partial charge in [-0.05, 0) is 43.7 Å². The van der Waals surface area contributed by atoms with Crippen molar-refractivity contribution in [1.29, 1.82) is 0 Å². The maximum absolute atomic E-state index is 13.0. The van der Waals surface area contributed by atoms with E-state index in [2.05, 4.69) is 34.8 Å². The molecule has 1 heterocycles. The smallest absolute Gasteiger partial charge is 0.326 e. The Morgan fingerprint density at radius 2 is 2.03 bits per heavy atom. The average molecular weight is 464 g/mol. The van der Waals surface area contributed by atoms with E-state index in [4.69, 9.17) is 0 Å². The zero-order valence-corrected chi connectivity index (χ0v) is 19.5. The molecule has 0 aliphatic heterocycles. The molecular weight excluding hydrogens is 434 g/mol. The number of carbonyl (C=O) groups excluding carboxylic acids is 2. The Morgan fingerprint density at radius 3 is 2.55 bits per heavy atom. The zero-order valence-electron chi connectivity index (χ0n) is 17.8. The summed E-state index contributed by atoms with van der Waals surface area (Å²) in [5, 5.41) is 16.4. The van der Waals surface area contributed by atoms with Crippen LogP contribution in [0.25, 0.3) is 4.91 Å². The first kappa shape index (κ1) is 25.0. The molecule has 0 bridgehead atoms. The van der Waals surface area contributed by atoms with Gasteiger partial charge in [0.25, 0.3) is 0 Å². The Hall–Kier alpha value is -2.26. The quantitative estimate of drug-likeness (QED) is 0.397. The van der Waals surface area contributed by atoms with Crippen LogP contribution in [-0.4, -0.2) is 44.7 Å². The summed E-state index contributed by atoms with van der Waals surface area (Å²) < 4.78 is 0. The minimum Gasteiger partial charge on any atom is -0.480 e. The predicted molar refractivity (Wildman–Crippen MR) is 127 cm³/mol. The van der Waals surface area contributed by atoms with E-state index in [0.29, 0.717) is 24.1 Å². The molecule has 1 aromatic rings. The minimum atomic E-state index is -1.15. The van der Waals surface area contributed by atoms with Gasteiger partial charge in [0.05, 0.1) is 10.9 Å². The lowest BCUT2D eigenvalue weighted by atomic mass is 9.94. The standard InChI is InChI=1S/C22H29N3O4S2/c1-4-11-31-15(3)17-8-7-16(13-23-17)12-18(20(27)28)24-21(29)22(9-5-6-10-22)25-19(26)14(2)30/h4,7-8,11,13-14,18,30H,3,5-6,9-10,12H2,1-2H3,(H,24,29)(H,25,26)(H,27,28)/b11-4-. The van der Waals surface area contributed by atoms with E-state index in [1.165, 1.54) is 11.8 Å². The van der Waals surface area contributed by atoms with Crippen LogP contribution in [0.2, 0.25) is 0 Å². The van der Waals surface area contributed by atoms with Gasteiger partial charge in [0.1, 0.15) is 11.6 Å². The van der Waals surface area contributed by atoms with Crippen molar-refractivity contribution in [3.05, 3.63) is 47.6 Å². The number of hydrogen-bond donors (Lipinski definition) is 4. The van der Waals surface area contributed by atoms with Crippen LogP contribution in [-0.2, 0) is 20.8 Å². The minimum absolute atomic E-state index is 0.0792. The number of carboxylic acids is 1. The molecule has 0 radical (unpaired) electrons. The normalized spacial score (nSPS) is 17.1. The van der Waals surface area contributed by atoms with Crippen LogP contribution in [0.4, 0.5) is 0 Å². The highest BCUT2D eigenvalue weighted by Gasteiger charge is 2.44. The Kier molecular flexibility index (Phi) is 9.18. The van der Waals surface area contributed by atoms with Crippen molar-refractivity contribution in [2.24, 2.45) is 0 Å². The topological polar surface area (TPSA) is 108 Å². The van der Waals surface area contributed by atoms with Gasteiger partial charge in [-0.1, -0.05) is 43.3 Å². The van der Waals surface area contributed by atoms with Gasteiger partial charge in [-0.15, -0.1) is 0 Å². The summed E-state index contributed by atoms with van der Waals surface area (Å²) in [5.74, 6) is -1.96. The number of carbonyl (C=O) groups is 3. The number of nitrogens with one attached hydrogen (secondary N) is 2. The lowest BCUT2D eigenvalue weighted by Crippen LogP contribution is -2.61. The first-order chi connectivity index (χ1) is 14.7. The van der Waals surface area contributed by atoms with Crippen LogP contribution >= 0.6 is 24.4 Å². The highest BCUT2D eigenvalue weighted by molar-refractivity contribution is 8.10. The van der Waals surface area contributed by atoms with Gasteiger partial charge in [0.2, 0.25) is 11.8 Å². The van der Waals surface area contributed by atoms with Crippen LogP contribution < -0.4 is 10.6 Å². The van der Waals surface area contributed by atoms with Gasteiger partial charge in [0.15, 0.2) is 0 Å². The number of carboxylic acid groups (broad SMARTS) is 1. The Bertz CT molecular complexity index is 847. The summed E-state index contributed by atoms with van der Waals surface area (Å²) in [5.41, 5.74) is 0.288. The predicted octanol–water partition coefficient (Wildman–Crippen LogP) is 3.18. The van der Waals surface area contributed by atoms with Gasteiger partial charge in [-0.25, -0.2) is 4.79 Å². The van der Waals surface area contributed by atoms with Gasteiger partial charge < -0.3 is 15.7 Å². The van der Waals surface area contributed by atoms with Crippen LogP contribution in [0, 0.1) is 0 Å². The second kappa shape index (κ2) is 11.4. The summed E-state index contributed by atoms with van der Waals surface area (Å²) in [6.07, 6.45) is 6.09. The lowest BCUT2D eigenvalue weighted by Gasteiger charge is -2.31. The highest BCUT2D eigenvalue weighted by Crippen LogP contribution is 2.30. The summed E-state index contributed by atoms with van der Waals surface area (Å²) in [6, 6.07) is 2.42. The van der Waals surface area contributed by atoms with Crippen molar-refractivity contribution in [2.75, 3.05) is 0 Å². The maximum Gasteiger partial charge on any atom is 0.326 e. The summed E-state index contributed by atoms with van der Waals surface area (Å²) in [7, 11) is 0. The summed E-state index contributed by atoms with van der Waals surface area (Å²) >= 11 is 5.58. The van der Waals surface area contributed by atoms with Crippen molar-refractivity contribution in [3.63, 3.8) is 0 Å². The van der Waals surface area contributed by atoms with E-state index in [1.807, 2.05) is 18.4 Å². The molecule has 1 aliphatic carbocycles. The zero-order chi connectivity index (χ0) is 23.0. The fourth-order valence-corrected chi connectivity index (χ4v) is 3.99. The molecular formula is C22H29N3O4S2. The molecule has 31 heavy (non-hydrogen) atoms. The molecule has 168 valence electrons. The second-order valence-electron chi connectivity index (χ2n) is 7.58. The molecule has 0 spiro atoms. The molecule has 9 heteroatoms. The fraction of sp³-hybridized carbons (Fsp3) is 0.455. The van der Waals surface area contributed by atoms with Crippen LogP contribution in [0.1, 0.15) is 50.8 Å². The summed E-state index contributed by atoms with van der Waals surface area (Å²) in [6.45, 7) is 7.51. The third-order valence-corrected chi connectivity index (χ3v) is 6.27. The molecule has 2 atom stereocenters. The second-order valence-corrected chi connectivity index (χ2v) is 9.36. The van der Waals surface area contributed by atoms with Gasteiger partial charge >= 0.3 is 5.97 Å². The molecule has 7 nitrogen and oxygen atoms in total. The SMILES string of the molecule is C=C(S/C=C\C)c1ccc(CC(NC(=O)C2(NC(=O)C(C)S)CCCC2)C(=O)O)cn1. The maximum atomic E-state index is 13.0. The Morgan fingerprint density at radius 1 is 1.35 bits per heavy atom. The molecule has 1 aliphatic rings. The number of aliphatic carboxylic acids is 1. The van der Waals surface area contributed by atoms with Crippen molar-refractivity contribution in [2.45, 2.75) is 62.8 Å². The van der Waals surface area contributed by atoms with Gasteiger partial charge in [0, 0.05) is 17.5 Å². The van der Waals surface area contributed by atoms with E-state index in [9.17, 15) is 19.5 Å². The number of amides is 2. The third kappa shape index (κ3) is 6.87. The Labute approximate surface area is 192 Å². The number of thioether (sulfide) groups is 1. The van der Waals surface area contributed by atoms with E-state index < -0.39 is 28.7 Å². The van der Waals surface area contributed by atoms with E-state index in [-0.39, 0.29) is 12.3 Å². The molecule has 2 rings (SSSR count). The van der Waals surface area contributed by atoms with Crippen molar-refractivity contribution >= 4 is 47.1 Å². The van der Waals surface area contributed by atoms with E-state index in [0.717, 1.165) is 17.7 Å². The van der Waals surface area contributed by atoms with Crippen molar-refractivity contribution in [1.82, 2.24) is 15.6 Å². The number of nitrogens with zero attached hydrogens (tertiary/aromatic N) is 1. The molecule has 1 aromatic heterocycles. The molecule has 0 saturated heterocycles. The molecule has 1 saturated carbocycles. The largest absolute Gasteiger partial charge is 0.480 e. The Balaban J connectivity index is 2.10. The third-order valence-electron chi connectivity index (χ3n) is 5.13. The number of thiol groups is 1. The first-order valence-corrected chi connectivity index (χ1v) is 11.5. The van der Waals surface area contributed by atoms with Crippen LogP contribution in [0.5, 0.6) is 0 Å². The number of rotatable bonds is 10. The van der Waals surface area contributed by atoms with E-state index >= 15 is 0 Å². The van der Waals surface area contributed by atoms with E-state index in [1.54, 1.807) is 25.3 Å². The van der Waals surface area contributed by atoms with Crippen molar-refractivity contribution in [3.8, 4) is 0 Å². The number of allylic oxidation sites excluding steroid dienone is 1. The summed E-state index contributed by atoms with van der Waals surface area (Å²) in [4.78, 5) is 42.1. The molecule has 0 aromatic carbocycles. The average Bonchev–Trinajstić information content (AvgIpc) is 3.21. The van der Waals surface area contributed by atoms with Crippen LogP contribution in [0.3, 0.4) is 0 Å². The molecule has 3 N–H and O–H groups in total. The van der Waals surface area contributed by atoms with Crippen LogP contribution in [0.15, 0.2) is 36.4 Å². The number of hydrogen-bond acceptors (Lipinski definition) is 6. The first-order valence-electron chi connectivity index (χ1n) is 10.1. The fourth-order valence-electron chi connectivity index (χ4n) is 3.38. The number of aromatic nitrogens is 1. The van der Waals surface area contributed by atoms with Gasteiger partial charge in [-0.3, -0.25) is 14.6 Å². The highest BCUT2D eigenvalue weighted by atomic mass is 32.2.